The number of carbonyl (C=O) groups excluding carboxylic acids is 2. The zero-order valence-electron chi connectivity index (χ0n) is 9.48. The van der Waals surface area contributed by atoms with Gasteiger partial charge < -0.3 is 5.11 Å². The SMILES string of the molecule is CC1=CC(=O)N(CC2CCCC(O)C2)C1=O. The maximum absolute atomic E-state index is 11.6. The minimum Gasteiger partial charge on any atom is -0.393 e. The van der Waals surface area contributed by atoms with Gasteiger partial charge in [-0.15, -0.1) is 0 Å². The summed E-state index contributed by atoms with van der Waals surface area (Å²) in [6.45, 7) is 2.12. The van der Waals surface area contributed by atoms with Gasteiger partial charge >= 0.3 is 0 Å². The van der Waals surface area contributed by atoms with Crippen molar-refractivity contribution in [2.75, 3.05) is 6.54 Å². The summed E-state index contributed by atoms with van der Waals surface area (Å²) in [6.07, 6.45) is 4.65. The number of rotatable bonds is 2. The third kappa shape index (κ3) is 2.16. The molecule has 0 radical (unpaired) electrons. The Morgan fingerprint density at radius 3 is 2.75 bits per heavy atom. The first-order valence-corrected chi connectivity index (χ1v) is 5.80. The Balaban J connectivity index is 1.95. The van der Waals surface area contributed by atoms with Gasteiger partial charge in [0, 0.05) is 18.2 Å². The van der Waals surface area contributed by atoms with Crippen molar-refractivity contribution in [3.05, 3.63) is 11.6 Å². The Hall–Kier alpha value is -1.16. The lowest BCUT2D eigenvalue weighted by atomic mass is 9.87. The van der Waals surface area contributed by atoms with Crippen LogP contribution in [0.2, 0.25) is 0 Å². The zero-order valence-corrected chi connectivity index (χ0v) is 9.48. The average Bonchev–Trinajstić information content (AvgIpc) is 2.45. The van der Waals surface area contributed by atoms with Gasteiger partial charge in [-0.1, -0.05) is 6.42 Å². The Labute approximate surface area is 94.9 Å². The second-order valence-electron chi connectivity index (χ2n) is 4.77. The number of aliphatic hydroxyl groups excluding tert-OH is 1. The predicted octanol–water partition coefficient (Wildman–Crippen LogP) is 0.853. The van der Waals surface area contributed by atoms with Crippen LogP contribution in [0.4, 0.5) is 0 Å². The van der Waals surface area contributed by atoms with Crippen molar-refractivity contribution in [3.63, 3.8) is 0 Å². The lowest BCUT2D eigenvalue weighted by Crippen LogP contribution is -2.37. The van der Waals surface area contributed by atoms with E-state index >= 15 is 0 Å². The predicted molar refractivity (Wildman–Crippen MR) is 58.4 cm³/mol. The third-order valence-corrected chi connectivity index (χ3v) is 3.38. The first-order chi connectivity index (χ1) is 7.58. The molecule has 0 aromatic carbocycles. The summed E-state index contributed by atoms with van der Waals surface area (Å²) < 4.78 is 0. The number of nitrogens with zero attached hydrogens (tertiary/aromatic N) is 1. The van der Waals surface area contributed by atoms with Crippen LogP contribution < -0.4 is 0 Å². The van der Waals surface area contributed by atoms with E-state index in [9.17, 15) is 14.7 Å². The van der Waals surface area contributed by atoms with Crippen molar-refractivity contribution in [2.24, 2.45) is 5.92 Å². The van der Waals surface area contributed by atoms with Gasteiger partial charge in [-0.3, -0.25) is 14.5 Å². The summed E-state index contributed by atoms with van der Waals surface area (Å²) in [6, 6.07) is 0. The molecule has 1 aliphatic carbocycles. The zero-order chi connectivity index (χ0) is 11.7. The molecular formula is C12H17NO3. The van der Waals surface area contributed by atoms with Crippen LogP contribution in [0.3, 0.4) is 0 Å². The molecule has 1 fully saturated rings. The van der Waals surface area contributed by atoms with E-state index < -0.39 is 0 Å². The molecule has 1 N–H and O–H groups in total. The van der Waals surface area contributed by atoms with Crippen LogP contribution in [0, 0.1) is 5.92 Å². The summed E-state index contributed by atoms with van der Waals surface area (Å²) in [4.78, 5) is 24.5. The largest absolute Gasteiger partial charge is 0.393 e. The molecule has 4 nitrogen and oxygen atoms in total. The molecule has 1 saturated carbocycles. The molecule has 2 amide bonds. The molecule has 16 heavy (non-hydrogen) atoms. The van der Waals surface area contributed by atoms with Crippen molar-refractivity contribution in [1.29, 1.82) is 0 Å². The van der Waals surface area contributed by atoms with Crippen molar-refractivity contribution < 1.29 is 14.7 Å². The highest BCUT2D eigenvalue weighted by molar-refractivity contribution is 6.15. The maximum Gasteiger partial charge on any atom is 0.256 e. The standard InChI is InChI=1S/C12H17NO3/c1-8-5-11(15)13(12(8)16)7-9-3-2-4-10(14)6-9/h5,9-10,14H,2-4,6-7H2,1H3. The van der Waals surface area contributed by atoms with Crippen LogP contribution in [0.1, 0.15) is 32.6 Å². The van der Waals surface area contributed by atoms with Gasteiger partial charge in [-0.05, 0) is 32.1 Å². The van der Waals surface area contributed by atoms with E-state index in [0.29, 0.717) is 18.5 Å². The number of amides is 2. The topological polar surface area (TPSA) is 57.6 Å². The van der Waals surface area contributed by atoms with E-state index in [1.165, 1.54) is 11.0 Å². The van der Waals surface area contributed by atoms with Crippen molar-refractivity contribution in [2.45, 2.75) is 38.7 Å². The van der Waals surface area contributed by atoms with Gasteiger partial charge in [0.2, 0.25) is 0 Å². The average molecular weight is 223 g/mol. The van der Waals surface area contributed by atoms with E-state index in [4.69, 9.17) is 0 Å². The summed E-state index contributed by atoms with van der Waals surface area (Å²) in [5.41, 5.74) is 0.515. The van der Waals surface area contributed by atoms with Crippen molar-refractivity contribution in [1.82, 2.24) is 4.90 Å². The van der Waals surface area contributed by atoms with Crippen LogP contribution >= 0.6 is 0 Å². The van der Waals surface area contributed by atoms with E-state index in [0.717, 1.165) is 19.3 Å². The smallest absolute Gasteiger partial charge is 0.256 e. The third-order valence-electron chi connectivity index (χ3n) is 3.38. The molecule has 2 rings (SSSR count). The van der Waals surface area contributed by atoms with Crippen LogP contribution in [0.15, 0.2) is 11.6 Å². The first kappa shape index (κ1) is 11.3. The quantitative estimate of drug-likeness (QED) is 0.706. The summed E-state index contributed by atoms with van der Waals surface area (Å²) in [5, 5.41) is 9.54. The fraction of sp³-hybridized carbons (Fsp3) is 0.667. The van der Waals surface area contributed by atoms with Gasteiger partial charge in [0.15, 0.2) is 0 Å². The highest BCUT2D eigenvalue weighted by Crippen LogP contribution is 2.26. The normalized spacial score (nSPS) is 30.9. The second-order valence-corrected chi connectivity index (χ2v) is 4.77. The fourth-order valence-electron chi connectivity index (χ4n) is 2.50. The number of hydrogen-bond donors (Lipinski definition) is 1. The van der Waals surface area contributed by atoms with Crippen LogP contribution in [-0.2, 0) is 9.59 Å². The Kier molecular flexibility index (Phi) is 3.10. The molecule has 4 heteroatoms. The van der Waals surface area contributed by atoms with Gasteiger partial charge in [-0.25, -0.2) is 0 Å². The molecule has 0 saturated heterocycles. The number of imide groups is 1. The molecule has 2 atom stereocenters. The Morgan fingerprint density at radius 1 is 1.44 bits per heavy atom. The molecule has 1 aliphatic heterocycles. The summed E-state index contributed by atoms with van der Waals surface area (Å²) >= 11 is 0. The maximum atomic E-state index is 11.6. The molecule has 2 unspecified atom stereocenters. The van der Waals surface area contributed by atoms with Gasteiger partial charge in [0.25, 0.3) is 11.8 Å². The Bertz CT molecular complexity index is 348. The first-order valence-electron chi connectivity index (χ1n) is 5.80. The van der Waals surface area contributed by atoms with Crippen molar-refractivity contribution >= 4 is 11.8 Å². The lowest BCUT2D eigenvalue weighted by molar-refractivity contribution is -0.138. The lowest BCUT2D eigenvalue weighted by Gasteiger charge is -2.28. The van der Waals surface area contributed by atoms with E-state index in [-0.39, 0.29) is 23.8 Å². The monoisotopic (exact) mass is 223 g/mol. The Morgan fingerprint density at radius 2 is 2.19 bits per heavy atom. The number of hydrogen-bond acceptors (Lipinski definition) is 3. The summed E-state index contributed by atoms with van der Waals surface area (Å²) in [5.74, 6) is -0.122. The molecule has 0 aromatic heterocycles. The van der Waals surface area contributed by atoms with Crippen molar-refractivity contribution in [3.8, 4) is 0 Å². The highest BCUT2D eigenvalue weighted by Gasteiger charge is 2.31. The van der Waals surface area contributed by atoms with Crippen LogP contribution in [0.25, 0.3) is 0 Å². The summed E-state index contributed by atoms with van der Waals surface area (Å²) in [7, 11) is 0. The second kappa shape index (κ2) is 4.37. The van der Waals surface area contributed by atoms with Crippen LogP contribution in [0.5, 0.6) is 0 Å². The molecule has 2 aliphatic rings. The molecular weight excluding hydrogens is 206 g/mol. The number of aliphatic hydroxyl groups is 1. The highest BCUT2D eigenvalue weighted by atomic mass is 16.3. The molecule has 0 aromatic rings. The molecule has 88 valence electrons. The van der Waals surface area contributed by atoms with Crippen LogP contribution in [-0.4, -0.2) is 34.5 Å². The van der Waals surface area contributed by atoms with Gasteiger partial charge in [-0.2, -0.15) is 0 Å². The van der Waals surface area contributed by atoms with E-state index in [1.807, 2.05) is 0 Å². The number of carbonyl (C=O) groups is 2. The van der Waals surface area contributed by atoms with Gasteiger partial charge in [0.05, 0.1) is 6.10 Å². The molecule has 0 bridgehead atoms. The van der Waals surface area contributed by atoms with Gasteiger partial charge in [0.1, 0.15) is 0 Å². The molecule has 1 heterocycles. The molecule has 0 spiro atoms. The minimum atomic E-state index is -0.263. The van der Waals surface area contributed by atoms with E-state index in [2.05, 4.69) is 0 Å². The van der Waals surface area contributed by atoms with E-state index in [1.54, 1.807) is 6.92 Å². The fourth-order valence-corrected chi connectivity index (χ4v) is 2.50. The minimum absolute atomic E-state index is 0.176.